The van der Waals surface area contributed by atoms with Crippen LogP contribution < -0.4 is 11.1 Å². The van der Waals surface area contributed by atoms with Crippen LogP contribution in [0.25, 0.3) is 0 Å². The molecule has 0 aromatic heterocycles. The maximum absolute atomic E-state index is 11.5. The van der Waals surface area contributed by atoms with E-state index < -0.39 is 0 Å². The van der Waals surface area contributed by atoms with Crippen molar-refractivity contribution >= 4 is 18.3 Å². The van der Waals surface area contributed by atoms with E-state index in [9.17, 15) is 4.79 Å². The van der Waals surface area contributed by atoms with Crippen LogP contribution in [-0.4, -0.2) is 36.5 Å². The summed E-state index contributed by atoms with van der Waals surface area (Å²) in [6, 6.07) is 10.9. The molecule has 1 aliphatic rings. The molecule has 1 heterocycles. The number of carbonyl (C=O) groups is 1. The highest BCUT2D eigenvalue weighted by Gasteiger charge is 2.20. The lowest BCUT2D eigenvalue weighted by Gasteiger charge is -2.32. The molecular formula is C15H24ClN3O. The second kappa shape index (κ2) is 8.95. The molecule has 1 aromatic carbocycles. The molecule has 4 nitrogen and oxygen atoms in total. The lowest BCUT2D eigenvalue weighted by Crippen LogP contribution is -2.44. The molecule has 0 radical (unpaired) electrons. The number of carbonyl (C=O) groups excluding carboxylic acids is 1. The van der Waals surface area contributed by atoms with E-state index in [1.165, 1.54) is 5.56 Å². The third-order valence-electron chi connectivity index (χ3n) is 3.57. The Labute approximate surface area is 127 Å². The van der Waals surface area contributed by atoms with Crippen molar-refractivity contribution in [2.45, 2.75) is 31.8 Å². The zero-order chi connectivity index (χ0) is 13.5. The van der Waals surface area contributed by atoms with Gasteiger partial charge in [-0.15, -0.1) is 12.4 Å². The zero-order valence-electron chi connectivity index (χ0n) is 11.8. The molecule has 0 atom stereocenters. The number of likely N-dealkylation sites (tertiary alicyclic amines) is 1. The summed E-state index contributed by atoms with van der Waals surface area (Å²) in [5.74, 6) is 0.0870. The molecule has 0 spiro atoms. The molecule has 1 fully saturated rings. The lowest BCUT2D eigenvalue weighted by atomic mass is 10.0. The maximum atomic E-state index is 11.5. The summed E-state index contributed by atoms with van der Waals surface area (Å²) >= 11 is 0. The molecular weight excluding hydrogens is 274 g/mol. The average Bonchev–Trinajstić information content (AvgIpc) is 2.42. The van der Waals surface area contributed by atoms with Crippen LogP contribution in [-0.2, 0) is 11.3 Å². The first-order chi connectivity index (χ1) is 9.28. The van der Waals surface area contributed by atoms with Gasteiger partial charge in [-0.05, 0) is 18.4 Å². The Bertz CT molecular complexity index is 391. The molecule has 0 saturated carbocycles. The molecule has 0 aliphatic carbocycles. The van der Waals surface area contributed by atoms with Gasteiger partial charge in [-0.3, -0.25) is 9.69 Å². The monoisotopic (exact) mass is 297 g/mol. The van der Waals surface area contributed by atoms with Crippen LogP contribution in [0.4, 0.5) is 0 Å². The molecule has 0 unspecified atom stereocenters. The van der Waals surface area contributed by atoms with Crippen LogP contribution in [0.5, 0.6) is 0 Å². The van der Waals surface area contributed by atoms with Gasteiger partial charge in [0, 0.05) is 38.6 Å². The number of rotatable bonds is 5. The first-order valence-corrected chi connectivity index (χ1v) is 7.03. The number of halogens is 1. The Balaban J connectivity index is 0.00000200. The Morgan fingerprint density at radius 1 is 1.25 bits per heavy atom. The summed E-state index contributed by atoms with van der Waals surface area (Å²) < 4.78 is 0. The van der Waals surface area contributed by atoms with Crippen LogP contribution in [0.2, 0.25) is 0 Å². The molecule has 1 amide bonds. The second-order valence-electron chi connectivity index (χ2n) is 5.14. The van der Waals surface area contributed by atoms with E-state index in [4.69, 9.17) is 5.73 Å². The van der Waals surface area contributed by atoms with Crippen molar-refractivity contribution in [1.29, 1.82) is 0 Å². The number of piperidine rings is 1. The first kappa shape index (κ1) is 17.0. The number of nitrogens with zero attached hydrogens (tertiary/aromatic N) is 1. The third-order valence-corrected chi connectivity index (χ3v) is 3.57. The number of hydrogen-bond acceptors (Lipinski definition) is 3. The molecule has 5 heteroatoms. The van der Waals surface area contributed by atoms with Gasteiger partial charge < -0.3 is 11.1 Å². The van der Waals surface area contributed by atoms with Crippen molar-refractivity contribution in [3.63, 3.8) is 0 Å². The molecule has 3 N–H and O–H groups in total. The van der Waals surface area contributed by atoms with Gasteiger partial charge in [-0.2, -0.15) is 0 Å². The quantitative estimate of drug-likeness (QED) is 0.867. The van der Waals surface area contributed by atoms with Gasteiger partial charge in [0.25, 0.3) is 0 Å². The summed E-state index contributed by atoms with van der Waals surface area (Å²) in [7, 11) is 0. The fourth-order valence-electron chi connectivity index (χ4n) is 2.51. The second-order valence-corrected chi connectivity index (χ2v) is 5.14. The molecule has 1 saturated heterocycles. The normalized spacial score (nSPS) is 16.4. The maximum Gasteiger partial charge on any atom is 0.221 e. The predicted molar refractivity (Wildman–Crippen MR) is 83.8 cm³/mol. The summed E-state index contributed by atoms with van der Waals surface area (Å²) in [6.07, 6.45) is 2.50. The minimum absolute atomic E-state index is 0. The number of benzene rings is 1. The fourth-order valence-corrected chi connectivity index (χ4v) is 2.51. The van der Waals surface area contributed by atoms with Crippen molar-refractivity contribution in [2.24, 2.45) is 5.73 Å². The standard InChI is InChI=1S/C15H23N3O.ClH/c16-9-6-15(19)17-14-7-10-18(11-8-14)12-13-4-2-1-3-5-13;/h1-5,14H,6-12,16H2,(H,17,19);1H. The molecule has 2 rings (SSSR count). The van der Waals surface area contributed by atoms with Crippen molar-refractivity contribution in [1.82, 2.24) is 10.2 Å². The highest BCUT2D eigenvalue weighted by atomic mass is 35.5. The van der Waals surface area contributed by atoms with Gasteiger partial charge in [-0.1, -0.05) is 30.3 Å². The van der Waals surface area contributed by atoms with Crippen molar-refractivity contribution in [3.8, 4) is 0 Å². The number of nitrogens with two attached hydrogens (primary N) is 1. The average molecular weight is 298 g/mol. The SMILES string of the molecule is Cl.NCCC(=O)NC1CCN(Cc2ccccc2)CC1. The largest absolute Gasteiger partial charge is 0.353 e. The number of amides is 1. The Morgan fingerprint density at radius 2 is 1.90 bits per heavy atom. The summed E-state index contributed by atoms with van der Waals surface area (Å²) in [4.78, 5) is 13.9. The van der Waals surface area contributed by atoms with Gasteiger partial charge >= 0.3 is 0 Å². The Morgan fingerprint density at radius 3 is 2.50 bits per heavy atom. The van der Waals surface area contributed by atoms with Gasteiger partial charge in [0.15, 0.2) is 0 Å². The van der Waals surface area contributed by atoms with Crippen LogP contribution in [0.1, 0.15) is 24.8 Å². The fraction of sp³-hybridized carbons (Fsp3) is 0.533. The van der Waals surface area contributed by atoms with Gasteiger partial charge in [0.2, 0.25) is 5.91 Å². The highest BCUT2D eigenvalue weighted by Crippen LogP contribution is 2.13. The van der Waals surface area contributed by atoms with Crippen molar-refractivity contribution in [3.05, 3.63) is 35.9 Å². The van der Waals surface area contributed by atoms with E-state index in [0.29, 0.717) is 19.0 Å². The van der Waals surface area contributed by atoms with Crippen LogP contribution in [0.15, 0.2) is 30.3 Å². The van der Waals surface area contributed by atoms with Crippen molar-refractivity contribution in [2.75, 3.05) is 19.6 Å². The van der Waals surface area contributed by atoms with E-state index in [-0.39, 0.29) is 18.3 Å². The molecule has 20 heavy (non-hydrogen) atoms. The lowest BCUT2D eigenvalue weighted by molar-refractivity contribution is -0.121. The highest BCUT2D eigenvalue weighted by molar-refractivity contribution is 5.85. The third kappa shape index (κ3) is 5.49. The summed E-state index contributed by atoms with van der Waals surface area (Å²) in [6.45, 7) is 3.52. The summed E-state index contributed by atoms with van der Waals surface area (Å²) in [5.41, 5.74) is 6.73. The van der Waals surface area contributed by atoms with Gasteiger partial charge in [0.05, 0.1) is 0 Å². The van der Waals surface area contributed by atoms with E-state index in [1.807, 2.05) is 6.07 Å². The Hall–Kier alpha value is -1.10. The van der Waals surface area contributed by atoms with Crippen LogP contribution in [0, 0.1) is 0 Å². The van der Waals surface area contributed by atoms with E-state index >= 15 is 0 Å². The minimum Gasteiger partial charge on any atom is -0.353 e. The van der Waals surface area contributed by atoms with E-state index in [0.717, 1.165) is 32.5 Å². The molecule has 1 aliphatic heterocycles. The zero-order valence-corrected chi connectivity index (χ0v) is 12.6. The summed E-state index contributed by atoms with van der Waals surface area (Å²) in [5, 5.41) is 3.06. The Kier molecular flexibility index (Phi) is 7.59. The van der Waals surface area contributed by atoms with E-state index in [1.54, 1.807) is 0 Å². The smallest absolute Gasteiger partial charge is 0.221 e. The van der Waals surface area contributed by atoms with Crippen LogP contribution in [0.3, 0.4) is 0 Å². The number of hydrogen-bond donors (Lipinski definition) is 2. The molecule has 1 aromatic rings. The van der Waals surface area contributed by atoms with Gasteiger partial charge in [0.1, 0.15) is 0 Å². The minimum atomic E-state index is 0. The van der Waals surface area contributed by atoms with Crippen molar-refractivity contribution < 1.29 is 4.79 Å². The van der Waals surface area contributed by atoms with Gasteiger partial charge in [-0.25, -0.2) is 0 Å². The number of nitrogens with one attached hydrogen (secondary N) is 1. The predicted octanol–water partition coefficient (Wildman–Crippen LogP) is 1.54. The van der Waals surface area contributed by atoms with Crippen LogP contribution >= 0.6 is 12.4 Å². The topological polar surface area (TPSA) is 58.4 Å². The molecule has 112 valence electrons. The van der Waals surface area contributed by atoms with E-state index in [2.05, 4.69) is 34.5 Å². The first-order valence-electron chi connectivity index (χ1n) is 7.03. The molecule has 0 bridgehead atoms.